The van der Waals surface area contributed by atoms with Crippen molar-refractivity contribution in [1.82, 2.24) is 15.1 Å². The van der Waals surface area contributed by atoms with Crippen LogP contribution in [0.3, 0.4) is 0 Å². The van der Waals surface area contributed by atoms with Crippen molar-refractivity contribution < 1.29 is 4.79 Å². The zero-order valence-corrected chi connectivity index (χ0v) is 11.8. The molecule has 3 fully saturated rings. The zero-order chi connectivity index (χ0) is 12.9. The highest BCUT2D eigenvalue weighted by atomic mass is 16.2. The Balaban J connectivity index is 1.77. The van der Waals surface area contributed by atoms with E-state index in [0.717, 1.165) is 38.8 Å². The first kappa shape index (κ1) is 12.4. The van der Waals surface area contributed by atoms with Crippen LogP contribution in [0.2, 0.25) is 0 Å². The Morgan fingerprint density at radius 1 is 1.28 bits per heavy atom. The Bertz CT molecular complexity index is 343. The third-order valence-electron chi connectivity index (χ3n) is 4.83. The summed E-state index contributed by atoms with van der Waals surface area (Å²) in [7, 11) is 2.17. The molecule has 4 nitrogen and oxygen atoms in total. The van der Waals surface area contributed by atoms with Crippen molar-refractivity contribution in [2.75, 3.05) is 20.1 Å². The Morgan fingerprint density at radius 3 is 2.39 bits per heavy atom. The van der Waals surface area contributed by atoms with Gasteiger partial charge in [-0.2, -0.15) is 0 Å². The number of nitrogens with one attached hydrogen (secondary N) is 1. The van der Waals surface area contributed by atoms with Crippen molar-refractivity contribution in [2.45, 2.75) is 57.3 Å². The van der Waals surface area contributed by atoms with Gasteiger partial charge in [0.05, 0.1) is 11.7 Å². The first-order valence-corrected chi connectivity index (χ1v) is 7.32. The van der Waals surface area contributed by atoms with Crippen LogP contribution in [-0.2, 0) is 4.79 Å². The molecule has 4 heteroatoms. The lowest BCUT2D eigenvalue weighted by atomic mass is 10.0. The van der Waals surface area contributed by atoms with Crippen molar-refractivity contribution in [3.05, 3.63) is 0 Å². The van der Waals surface area contributed by atoms with Crippen molar-refractivity contribution >= 4 is 5.91 Å². The maximum atomic E-state index is 12.6. The monoisotopic (exact) mass is 251 g/mol. The molecule has 1 spiro atoms. The van der Waals surface area contributed by atoms with E-state index in [2.05, 4.69) is 36.0 Å². The van der Waals surface area contributed by atoms with Crippen molar-refractivity contribution in [2.24, 2.45) is 5.92 Å². The molecule has 0 bridgehead atoms. The first-order chi connectivity index (χ1) is 8.53. The van der Waals surface area contributed by atoms with Crippen LogP contribution in [0.5, 0.6) is 0 Å². The third-order valence-corrected chi connectivity index (χ3v) is 4.83. The van der Waals surface area contributed by atoms with E-state index in [0.29, 0.717) is 17.9 Å². The van der Waals surface area contributed by atoms with Crippen LogP contribution in [-0.4, -0.2) is 53.6 Å². The molecule has 102 valence electrons. The lowest BCUT2D eigenvalue weighted by molar-refractivity contribution is -0.134. The van der Waals surface area contributed by atoms with Crippen molar-refractivity contribution in [1.29, 1.82) is 0 Å². The van der Waals surface area contributed by atoms with Gasteiger partial charge in [-0.15, -0.1) is 0 Å². The van der Waals surface area contributed by atoms with E-state index >= 15 is 0 Å². The van der Waals surface area contributed by atoms with Crippen LogP contribution < -0.4 is 5.32 Å². The summed E-state index contributed by atoms with van der Waals surface area (Å²) < 4.78 is 0. The van der Waals surface area contributed by atoms with E-state index in [-0.39, 0.29) is 11.7 Å². The molecule has 2 saturated heterocycles. The fraction of sp³-hybridized carbons (Fsp3) is 0.929. The summed E-state index contributed by atoms with van der Waals surface area (Å²) in [6, 6.07) is 0.452. The maximum absolute atomic E-state index is 12.6. The van der Waals surface area contributed by atoms with E-state index in [9.17, 15) is 4.79 Å². The molecule has 1 amide bonds. The first-order valence-electron chi connectivity index (χ1n) is 7.32. The van der Waals surface area contributed by atoms with Crippen LogP contribution in [0.4, 0.5) is 0 Å². The molecule has 3 aliphatic rings. The van der Waals surface area contributed by atoms with Gasteiger partial charge in [0, 0.05) is 6.04 Å². The van der Waals surface area contributed by atoms with E-state index in [4.69, 9.17) is 0 Å². The van der Waals surface area contributed by atoms with Gasteiger partial charge >= 0.3 is 0 Å². The molecule has 2 aliphatic heterocycles. The second-order valence-electron chi connectivity index (χ2n) is 6.66. The van der Waals surface area contributed by atoms with E-state index < -0.39 is 0 Å². The van der Waals surface area contributed by atoms with Crippen molar-refractivity contribution in [3.8, 4) is 0 Å². The fourth-order valence-electron chi connectivity index (χ4n) is 3.42. The number of carbonyl (C=O) groups is 1. The minimum Gasteiger partial charge on any atom is -0.322 e. The minimum absolute atomic E-state index is 0.154. The predicted octanol–water partition coefficient (Wildman–Crippen LogP) is 1.03. The minimum atomic E-state index is -0.154. The molecule has 1 saturated carbocycles. The Labute approximate surface area is 110 Å². The molecule has 0 aromatic rings. The Morgan fingerprint density at radius 2 is 1.89 bits per heavy atom. The van der Waals surface area contributed by atoms with Crippen molar-refractivity contribution in [3.63, 3.8) is 0 Å². The number of likely N-dealkylation sites (tertiary alicyclic amines) is 1. The van der Waals surface area contributed by atoms with Gasteiger partial charge in [0.15, 0.2) is 0 Å². The molecule has 1 unspecified atom stereocenters. The average Bonchev–Trinajstić information content (AvgIpc) is 3.04. The number of carbonyl (C=O) groups excluding carboxylic acids is 1. The van der Waals surface area contributed by atoms with Crippen LogP contribution in [0.15, 0.2) is 0 Å². The normalized spacial score (nSPS) is 32.8. The van der Waals surface area contributed by atoms with Crippen LogP contribution >= 0.6 is 0 Å². The van der Waals surface area contributed by atoms with Gasteiger partial charge in [0.1, 0.15) is 0 Å². The summed E-state index contributed by atoms with van der Waals surface area (Å²) in [5, 5.41) is 3.61. The highest BCUT2D eigenvalue weighted by Crippen LogP contribution is 2.44. The maximum Gasteiger partial charge on any atom is 0.244 e. The summed E-state index contributed by atoms with van der Waals surface area (Å²) in [6.45, 7) is 6.67. The molecule has 1 aliphatic carbocycles. The standard InChI is InChI=1S/C14H25N3O/c1-10(2)12-15-14(6-7-14)13(18)17(12)11-4-8-16(3)9-5-11/h10-12,15H,4-9H2,1-3H3. The van der Waals surface area contributed by atoms with Crippen LogP contribution in [0.25, 0.3) is 0 Å². The molecule has 1 atom stereocenters. The second-order valence-corrected chi connectivity index (χ2v) is 6.66. The number of rotatable bonds is 2. The molecule has 0 radical (unpaired) electrons. The molecular weight excluding hydrogens is 226 g/mol. The van der Waals surface area contributed by atoms with Crippen LogP contribution in [0.1, 0.15) is 39.5 Å². The molecule has 1 N–H and O–H groups in total. The molecule has 3 rings (SSSR count). The van der Waals surface area contributed by atoms with E-state index in [1.807, 2.05) is 0 Å². The largest absolute Gasteiger partial charge is 0.322 e. The zero-order valence-electron chi connectivity index (χ0n) is 11.8. The molecule has 0 aromatic carbocycles. The molecule has 18 heavy (non-hydrogen) atoms. The quantitative estimate of drug-likeness (QED) is 0.796. The summed E-state index contributed by atoms with van der Waals surface area (Å²) in [6.07, 6.45) is 4.59. The number of hydrogen-bond acceptors (Lipinski definition) is 3. The van der Waals surface area contributed by atoms with E-state index in [1.165, 1.54) is 0 Å². The topological polar surface area (TPSA) is 35.6 Å². The Kier molecular flexibility index (Phi) is 2.90. The number of nitrogens with zero attached hydrogens (tertiary/aromatic N) is 2. The number of amides is 1. The smallest absolute Gasteiger partial charge is 0.244 e. The molecule has 2 heterocycles. The lowest BCUT2D eigenvalue weighted by Gasteiger charge is -2.39. The lowest BCUT2D eigenvalue weighted by Crippen LogP contribution is -2.51. The predicted molar refractivity (Wildman–Crippen MR) is 71.1 cm³/mol. The van der Waals surface area contributed by atoms with Gasteiger partial charge in [0.2, 0.25) is 5.91 Å². The van der Waals surface area contributed by atoms with Gasteiger partial charge in [-0.3, -0.25) is 10.1 Å². The molecule has 0 aromatic heterocycles. The fourth-order valence-corrected chi connectivity index (χ4v) is 3.42. The summed E-state index contributed by atoms with van der Waals surface area (Å²) in [5.74, 6) is 0.879. The SMILES string of the molecule is CC(C)C1NC2(CC2)C(=O)N1C1CCN(C)CC1. The summed E-state index contributed by atoms with van der Waals surface area (Å²) >= 11 is 0. The number of hydrogen-bond donors (Lipinski definition) is 1. The highest BCUT2D eigenvalue weighted by Gasteiger charge is 2.60. The van der Waals surface area contributed by atoms with E-state index in [1.54, 1.807) is 0 Å². The second kappa shape index (κ2) is 4.20. The highest BCUT2D eigenvalue weighted by molar-refractivity contribution is 5.92. The van der Waals surface area contributed by atoms with Gasteiger partial charge in [-0.05, 0) is 51.7 Å². The average molecular weight is 251 g/mol. The van der Waals surface area contributed by atoms with Gasteiger partial charge < -0.3 is 9.80 Å². The van der Waals surface area contributed by atoms with Gasteiger partial charge in [-0.1, -0.05) is 13.8 Å². The van der Waals surface area contributed by atoms with Gasteiger partial charge in [0.25, 0.3) is 0 Å². The molecular formula is C14H25N3O. The van der Waals surface area contributed by atoms with Gasteiger partial charge in [-0.25, -0.2) is 0 Å². The Hall–Kier alpha value is -0.610. The summed E-state index contributed by atoms with van der Waals surface area (Å²) in [5.41, 5.74) is -0.154. The summed E-state index contributed by atoms with van der Waals surface area (Å²) in [4.78, 5) is 17.2. The van der Waals surface area contributed by atoms with Crippen LogP contribution in [0, 0.1) is 5.92 Å². The third kappa shape index (κ3) is 1.86. The number of piperidine rings is 1.